The summed E-state index contributed by atoms with van der Waals surface area (Å²) in [6.45, 7) is 0. The molecule has 0 aliphatic heterocycles. The number of rotatable bonds is 11. The summed E-state index contributed by atoms with van der Waals surface area (Å²) in [5, 5.41) is 0. The third-order valence-electron chi connectivity index (χ3n) is 16.0. The number of para-hydroxylation sites is 2. The van der Waals surface area contributed by atoms with Gasteiger partial charge < -0.3 is 9.80 Å². The Morgan fingerprint density at radius 2 is 0.553 bits per heavy atom. The van der Waals surface area contributed by atoms with E-state index in [4.69, 9.17) is 0 Å². The molecule has 12 aromatic rings. The first-order chi connectivity index (χ1) is 37.7. The van der Waals surface area contributed by atoms with Gasteiger partial charge in [0.15, 0.2) is 0 Å². The second-order valence-electron chi connectivity index (χ2n) is 19.9. The summed E-state index contributed by atoms with van der Waals surface area (Å²) in [6, 6.07) is 116. The molecule has 0 unspecified atom stereocenters. The zero-order chi connectivity index (χ0) is 50.5. The van der Waals surface area contributed by atoms with Crippen LogP contribution in [0.25, 0.3) is 33.4 Å². The molecule has 2 heteroatoms. The summed E-state index contributed by atoms with van der Waals surface area (Å²) in [5.74, 6) is 0. The Bertz CT molecular complexity index is 3970. The molecule has 0 amide bonds. The SMILES string of the molecule is c1ccc(-c2ccccc2N(c2cccc(N(c3ccccc3)c3cccc(C4(c5ccccc5)c5ccccc5-c5ccccc54)c3)c2)c2ccc3c(c2)C(c2ccccc2)(c2ccccc2)c2ccccc2-3)cc1. The van der Waals surface area contributed by atoms with E-state index in [9.17, 15) is 0 Å². The minimum absolute atomic E-state index is 0.547. The Balaban J connectivity index is 0.991. The third kappa shape index (κ3) is 7.02. The second kappa shape index (κ2) is 18.6. The van der Waals surface area contributed by atoms with Crippen LogP contribution in [-0.4, -0.2) is 0 Å². The largest absolute Gasteiger partial charge is 0.310 e. The van der Waals surface area contributed by atoms with Crippen LogP contribution in [0.2, 0.25) is 0 Å². The summed E-state index contributed by atoms with van der Waals surface area (Å²) in [7, 11) is 0. The van der Waals surface area contributed by atoms with Crippen molar-refractivity contribution in [2.45, 2.75) is 10.8 Å². The highest BCUT2D eigenvalue weighted by atomic mass is 15.2. The van der Waals surface area contributed by atoms with Gasteiger partial charge in [-0.25, -0.2) is 0 Å². The van der Waals surface area contributed by atoms with Gasteiger partial charge in [-0.1, -0.05) is 255 Å². The Hall–Kier alpha value is -9.76. The Kier molecular flexibility index (Phi) is 11.0. The zero-order valence-electron chi connectivity index (χ0n) is 41.9. The van der Waals surface area contributed by atoms with E-state index in [1.165, 1.54) is 66.8 Å². The van der Waals surface area contributed by atoms with E-state index in [1.807, 2.05) is 0 Å². The molecule has 0 aromatic heterocycles. The van der Waals surface area contributed by atoms with Gasteiger partial charge in [-0.3, -0.25) is 0 Å². The lowest BCUT2D eigenvalue weighted by Crippen LogP contribution is -2.28. The van der Waals surface area contributed by atoms with Gasteiger partial charge in [0.2, 0.25) is 0 Å². The zero-order valence-corrected chi connectivity index (χ0v) is 41.9. The van der Waals surface area contributed by atoms with E-state index < -0.39 is 10.8 Å². The van der Waals surface area contributed by atoms with Crippen LogP contribution in [0, 0.1) is 0 Å². The standard InChI is InChI=1S/C74H52N2/c1-6-26-53(27-7-1)63-40-19-23-47-72(63)76(62-48-49-67-66-43-18-20-44-68(66)73(71(67)52-62,54-28-8-2-9-29-54)55-30-10-3-11-31-55)61-39-25-38-60(51-61)75(58-35-14-5-15-36-58)59-37-24-34-57(50-59)74(56-32-12-4-13-33-56)69-45-21-16-41-64(69)65-42-17-22-46-70(65)74/h1-52H. The van der Waals surface area contributed by atoms with Crippen LogP contribution >= 0.6 is 0 Å². The molecule has 2 nitrogen and oxygen atoms in total. The number of nitrogens with zero attached hydrogens (tertiary/aromatic N) is 2. The lowest BCUT2D eigenvalue weighted by molar-refractivity contribution is 0.768. The Morgan fingerprint density at radius 3 is 1.09 bits per heavy atom. The highest BCUT2D eigenvalue weighted by Gasteiger charge is 2.48. The van der Waals surface area contributed by atoms with Gasteiger partial charge in [0.05, 0.1) is 16.5 Å². The summed E-state index contributed by atoms with van der Waals surface area (Å²) in [6.07, 6.45) is 0. The van der Waals surface area contributed by atoms with E-state index in [2.05, 4.69) is 325 Å². The van der Waals surface area contributed by atoms with Crippen molar-refractivity contribution < 1.29 is 0 Å². The number of hydrogen-bond acceptors (Lipinski definition) is 2. The number of fused-ring (bicyclic) bond motifs is 6. The second-order valence-corrected chi connectivity index (χ2v) is 19.9. The number of anilines is 6. The molecular weight excluding hydrogens is 917 g/mol. The molecule has 12 aromatic carbocycles. The molecule has 0 radical (unpaired) electrons. The van der Waals surface area contributed by atoms with Crippen molar-refractivity contribution in [3.8, 4) is 33.4 Å². The van der Waals surface area contributed by atoms with Crippen molar-refractivity contribution in [3.63, 3.8) is 0 Å². The fraction of sp³-hybridized carbons (Fsp3) is 0.0270. The van der Waals surface area contributed by atoms with Crippen molar-refractivity contribution in [1.29, 1.82) is 0 Å². The molecule has 2 aliphatic carbocycles. The average molecular weight is 969 g/mol. The van der Waals surface area contributed by atoms with Crippen LogP contribution in [0.4, 0.5) is 34.1 Å². The van der Waals surface area contributed by atoms with Gasteiger partial charge in [-0.05, 0) is 133 Å². The molecule has 0 fully saturated rings. The molecule has 0 N–H and O–H groups in total. The van der Waals surface area contributed by atoms with Crippen LogP contribution in [-0.2, 0) is 10.8 Å². The van der Waals surface area contributed by atoms with Gasteiger partial charge >= 0.3 is 0 Å². The van der Waals surface area contributed by atoms with Gasteiger partial charge in [-0.15, -0.1) is 0 Å². The lowest BCUT2D eigenvalue weighted by atomic mass is 9.67. The van der Waals surface area contributed by atoms with Gasteiger partial charge in [0.25, 0.3) is 0 Å². The van der Waals surface area contributed by atoms with Crippen molar-refractivity contribution >= 4 is 34.1 Å². The van der Waals surface area contributed by atoms with Crippen molar-refractivity contribution in [1.82, 2.24) is 0 Å². The first kappa shape index (κ1) is 44.9. The maximum Gasteiger partial charge on any atom is 0.0714 e. The van der Waals surface area contributed by atoms with Crippen molar-refractivity contribution in [3.05, 3.63) is 360 Å². The van der Waals surface area contributed by atoms with Gasteiger partial charge in [0, 0.05) is 34.0 Å². The highest BCUT2D eigenvalue weighted by molar-refractivity contribution is 5.94. The number of hydrogen-bond donors (Lipinski definition) is 0. The monoisotopic (exact) mass is 968 g/mol. The van der Waals surface area contributed by atoms with Crippen molar-refractivity contribution in [2.75, 3.05) is 9.80 Å². The lowest BCUT2D eigenvalue weighted by Gasteiger charge is -2.36. The molecule has 0 bridgehead atoms. The van der Waals surface area contributed by atoms with Crippen LogP contribution in [0.1, 0.15) is 44.5 Å². The van der Waals surface area contributed by atoms with E-state index in [0.29, 0.717) is 0 Å². The summed E-state index contributed by atoms with van der Waals surface area (Å²) < 4.78 is 0. The minimum Gasteiger partial charge on any atom is -0.310 e. The Morgan fingerprint density at radius 1 is 0.197 bits per heavy atom. The number of benzene rings is 12. The summed E-state index contributed by atoms with van der Waals surface area (Å²) >= 11 is 0. The van der Waals surface area contributed by atoms with E-state index >= 15 is 0 Å². The Labute approximate surface area is 445 Å². The smallest absolute Gasteiger partial charge is 0.0714 e. The maximum absolute atomic E-state index is 2.48. The molecule has 0 saturated heterocycles. The summed E-state index contributed by atoms with van der Waals surface area (Å²) in [5.41, 5.74) is 22.7. The molecule has 0 heterocycles. The van der Waals surface area contributed by atoms with E-state index in [-0.39, 0.29) is 0 Å². The van der Waals surface area contributed by atoms with Crippen LogP contribution in [0.15, 0.2) is 315 Å². The molecule has 76 heavy (non-hydrogen) atoms. The van der Waals surface area contributed by atoms with Gasteiger partial charge in [-0.2, -0.15) is 0 Å². The fourth-order valence-corrected chi connectivity index (χ4v) is 12.9. The topological polar surface area (TPSA) is 6.48 Å². The van der Waals surface area contributed by atoms with Gasteiger partial charge in [0.1, 0.15) is 0 Å². The van der Waals surface area contributed by atoms with Crippen LogP contribution in [0.3, 0.4) is 0 Å². The molecule has 0 spiro atoms. The fourth-order valence-electron chi connectivity index (χ4n) is 12.9. The predicted molar refractivity (Wildman–Crippen MR) is 316 cm³/mol. The third-order valence-corrected chi connectivity index (χ3v) is 16.0. The minimum atomic E-state index is -0.566. The van der Waals surface area contributed by atoms with Crippen LogP contribution < -0.4 is 9.80 Å². The van der Waals surface area contributed by atoms with E-state index in [0.717, 1.165) is 45.3 Å². The molecule has 14 rings (SSSR count). The summed E-state index contributed by atoms with van der Waals surface area (Å²) in [4.78, 5) is 4.90. The average Bonchev–Trinajstić information content (AvgIpc) is 4.18. The van der Waals surface area contributed by atoms with E-state index in [1.54, 1.807) is 0 Å². The molecule has 0 saturated carbocycles. The molecular formula is C74H52N2. The molecule has 358 valence electrons. The first-order valence-corrected chi connectivity index (χ1v) is 26.3. The van der Waals surface area contributed by atoms with Crippen molar-refractivity contribution in [2.24, 2.45) is 0 Å². The predicted octanol–water partition coefficient (Wildman–Crippen LogP) is 19.0. The molecule has 0 atom stereocenters. The first-order valence-electron chi connectivity index (χ1n) is 26.3. The van der Waals surface area contributed by atoms with Crippen LogP contribution in [0.5, 0.6) is 0 Å². The molecule has 2 aliphatic rings. The highest BCUT2D eigenvalue weighted by Crippen LogP contribution is 2.59. The quantitative estimate of drug-likeness (QED) is 0.127. The maximum atomic E-state index is 2.48. The normalized spacial score (nSPS) is 13.2.